The Hall–Kier alpha value is -1.12. The molecule has 0 amide bonds. The molecule has 2 atom stereocenters. The second-order valence-corrected chi connectivity index (χ2v) is 13.0. The third-order valence-electron chi connectivity index (χ3n) is 7.70. The molecular weight excluding hydrogens is 572 g/mol. The van der Waals surface area contributed by atoms with Crippen molar-refractivity contribution in [1.82, 2.24) is 9.80 Å². The van der Waals surface area contributed by atoms with Crippen LogP contribution in [0.5, 0.6) is 11.5 Å². The molecule has 2 aromatic rings. The zero-order valence-corrected chi connectivity index (χ0v) is 24.9. The van der Waals surface area contributed by atoms with Crippen molar-refractivity contribution in [2.45, 2.75) is 78.2 Å². The smallest absolute Gasteiger partial charge is 0.142 e. The maximum atomic E-state index is 6.56. The maximum absolute atomic E-state index is 6.56. The van der Waals surface area contributed by atoms with Crippen molar-refractivity contribution in [1.29, 1.82) is 0 Å². The van der Waals surface area contributed by atoms with E-state index >= 15 is 0 Å². The Morgan fingerprint density at radius 3 is 2.09 bits per heavy atom. The van der Waals surface area contributed by atoms with Crippen LogP contribution in [0.25, 0.3) is 0 Å². The van der Waals surface area contributed by atoms with Crippen molar-refractivity contribution >= 4 is 31.9 Å². The van der Waals surface area contributed by atoms with Crippen LogP contribution in [-0.4, -0.2) is 47.1 Å². The van der Waals surface area contributed by atoms with E-state index in [1.165, 1.54) is 11.1 Å². The summed E-state index contributed by atoms with van der Waals surface area (Å²) in [6, 6.07) is 12.8. The quantitative estimate of drug-likeness (QED) is 0.316. The summed E-state index contributed by atoms with van der Waals surface area (Å²) < 4.78 is 20.8. The summed E-state index contributed by atoms with van der Waals surface area (Å²) >= 11 is 7.17. The normalized spacial score (nSPS) is 18.7. The minimum Gasteiger partial charge on any atom is -0.478 e. The molecule has 2 aromatic carbocycles. The van der Waals surface area contributed by atoms with E-state index in [9.17, 15) is 0 Å². The first-order valence-corrected chi connectivity index (χ1v) is 14.0. The highest BCUT2D eigenvalue weighted by Crippen LogP contribution is 2.35. The highest BCUT2D eigenvalue weighted by atomic mass is 79.9. The van der Waals surface area contributed by atoms with Gasteiger partial charge in [-0.15, -0.1) is 0 Å². The summed E-state index contributed by atoms with van der Waals surface area (Å²) in [5.41, 5.74) is 2.14. The Balaban J connectivity index is 1.31. The molecule has 4 rings (SSSR count). The van der Waals surface area contributed by atoms with Gasteiger partial charge in [-0.2, -0.15) is 0 Å². The number of rotatable bonds is 8. The first kappa shape index (κ1) is 26.9. The summed E-state index contributed by atoms with van der Waals surface area (Å²) in [5, 5.41) is 0. The zero-order valence-electron chi connectivity index (χ0n) is 21.7. The van der Waals surface area contributed by atoms with Crippen LogP contribution in [0.1, 0.15) is 59.1 Å². The molecule has 0 fully saturated rings. The van der Waals surface area contributed by atoms with Crippen LogP contribution in [-0.2, 0) is 17.8 Å². The van der Waals surface area contributed by atoms with Gasteiger partial charge in [-0.1, -0.05) is 38.8 Å². The lowest BCUT2D eigenvalue weighted by Gasteiger charge is -2.45. The summed E-state index contributed by atoms with van der Waals surface area (Å²) in [5.74, 6) is 2.30. The van der Waals surface area contributed by atoms with Crippen molar-refractivity contribution in [3.63, 3.8) is 0 Å². The topological polar surface area (TPSA) is 34.2 Å². The molecule has 2 unspecified atom stereocenters. The van der Waals surface area contributed by atoms with Crippen LogP contribution in [0.15, 0.2) is 45.3 Å². The zero-order chi connectivity index (χ0) is 25.4. The van der Waals surface area contributed by atoms with Crippen LogP contribution < -0.4 is 9.47 Å². The summed E-state index contributed by atoms with van der Waals surface area (Å²) in [4.78, 5) is 4.79. The predicted octanol–water partition coefficient (Wildman–Crippen LogP) is 7.20. The molecule has 0 bridgehead atoms. The molecule has 0 saturated carbocycles. The molecule has 0 radical (unpaired) electrons. The fourth-order valence-electron chi connectivity index (χ4n) is 4.86. The van der Waals surface area contributed by atoms with E-state index in [1.807, 2.05) is 24.3 Å². The lowest BCUT2D eigenvalue weighted by Crippen LogP contribution is -2.53. The van der Waals surface area contributed by atoms with Gasteiger partial charge in [0.2, 0.25) is 0 Å². The van der Waals surface area contributed by atoms with E-state index in [2.05, 4.69) is 95.3 Å². The van der Waals surface area contributed by atoms with Crippen molar-refractivity contribution in [2.75, 3.05) is 20.1 Å². The number of ether oxygens (including phenoxy) is 3. The van der Waals surface area contributed by atoms with Crippen molar-refractivity contribution < 1.29 is 14.2 Å². The van der Waals surface area contributed by atoms with Crippen molar-refractivity contribution in [3.05, 3.63) is 56.5 Å². The van der Waals surface area contributed by atoms with Gasteiger partial charge in [0, 0.05) is 44.7 Å². The van der Waals surface area contributed by atoms with Crippen molar-refractivity contribution in [3.8, 4) is 11.5 Å². The average molecular weight is 610 g/mol. The van der Waals surface area contributed by atoms with Crippen LogP contribution in [0.4, 0.5) is 0 Å². The molecule has 35 heavy (non-hydrogen) atoms. The number of fused-ring (bicyclic) bond motifs is 2. The van der Waals surface area contributed by atoms with E-state index in [1.54, 1.807) is 0 Å². The average Bonchev–Trinajstić information content (AvgIpc) is 2.81. The fourth-order valence-corrected chi connectivity index (χ4v) is 5.68. The van der Waals surface area contributed by atoms with E-state index in [0.29, 0.717) is 32.0 Å². The van der Waals surface area contributed by atoms with Gasteiger partial charge >= 0.3 is 0 Å². The first-order valence-electron chi connectivity index (χ1n) is 12.4. The Morgan fingerprint density at radius 2 is 1.46 bits per heavy atom. The monoisotopic (exact) mass is 608 g/mol. The van der Waals surface area contributed by atoms with Crippen LogP contribution in [0.2, 0.25) is 0 Å². The van der Waals surface area contributed by atoms with Gasteiger partial charge in [0.15, 0.2) is 0 Å². The predicted molar refractivity (Wildman–Crippen MR) is 148 cm³/mol. The molecule has 0 spiro atoms. The fraction of sp³-hybridized carbons (Fsp3) is 0.571. The Bertz CT molecular complexity index is 1040. The Kier molecular flexibility index (Phi) is 8.23. The molecule has 7 heteroatoms. The van der Waals surface area contributed by atoms with E-state index < -0.39 is 0 Å². The number of benzene rings is 2. The minimum absolute atomic E-state index is 0.0699. The van der Waals surface area contributed by atoms with Gasteiger partial charge in [0.25, 0.3) is 0 Å². The van der Waals surface area contributed by atoms with Crippen LogP contribution in [0, 0.1) is 5.92 Å². The SMILES string of the molecule is CC(CC(C)(C)OCC(C)C(C)(C)N1COc2ccc(Br)cc2C1)N1COc2ccc(Br)cc2C1. The molecule has 5 nitrogen and oxygen atoms in total. The summed E-state index contributed by atoms with van der Waals surface area (Å²) in [6.45, 7) is 17.2. The second kappa shape index (κ2) is 10.7. The van der Waals surface area contributed by atoms with Gasteiger partial charge in [-0.3, -0.25) is 9.80 Å². The summed E-state index contributed by atoms with van der Waals surface area (Å²) in [6.07, 6.45) is 0.932. The summed E-state index contributed by atoms with van der Waals surface area (Å²) in [7, 11) is 0. The third kappa shape index (κ3) is 6.42. The van der Waals surface area contributed by atoms with Gasteiger partial charge in [-0.05, 0) is 83.4 Å². The van der Waals surface area contributed by atoms with E-state index in [-0.39, 0.29) is 11.1 Å². The molecule has 2 heterocycles. The largest absolute Gasteiger partial charge is 0.478 e. The number of nitrogens with zero attached hydrogens (tertiary/aromatic N) is 2. The molecule has 0 N–H and O–H groups in total. The first-order chi connectivity index (χ1) is 16.4. The maximum Gasteiger partial charge on any atom is 0.142 e. The molecule has 0 aromatic heterocycles. The highest BCUT2D eigenvalue weighted by Gasteiger charge is 2.37. The number of hydrogen-bond donors (Lipinski definition) is 0. The standard InChI is InChI=1S/C28H38Br2N2O3/c1-19(28(5,6)32-15-22-12-24(30)8-10-26(22)34-18-32)16-35-27(3,4)13-20(2)31-14-21-11-23(29)7-9-25(21)33-17-31/h7-12,19-20H,13-18H2,1-6H3. The van der Waals surface area contributed by atoms with Gasteiger partial charge < -0.3 is 14.2 Å². The van der Waals surface area contributed by atoms with Crippen LogP contribution in [0.3, 0.4) is 0 Å². The molecule has 0 saturated heterocycles. The Labute approximate surface area is 227 Å². The molecule has 2 aliphatic rings. The number of hydrogen-bond acceptors (Lipinski definition) is 5. The third-order valence-corrected chi connectivity index (χ3v) is 8.68. The molecule has 2 aliphatic heterocycles. The minimum atomic E-state index is -0.239. The molecule has 192 valence electrons. The molecule has 0 aliphatic carbocycles. The lowest BCUT2D eigenvalue weighted by molar-refractivity contribution is -0.0914. The highest BCUT2D eigenvalue weighted by molar-refractivity contribution is 9.10. The molecular formula is C28H38Br2N2O3. The van der Waals surface area contributed by atoms with Crippen LogP contribution >= 0.6 is 31.9 Å². The number of halogens is 2. The second-order valence-electron chi connectivity index (χ2n) is 11.2. The van der Waals surface area contributed by atoms with E-state index in [4.69, 9.17) is 14.2 Å². The van der Waals surface area contributed by atoms with Crippen molar-refractivity contribution in [2.24, 2.45) is 5.92 Å². The lowest BCUT2D eigenvalue weighted by atomic mass is 9.87. The Morgan fingerprint density at radius 1 is 0.886 bits per heavy atom. The van der Waals surface area contributed by atoms with Gasteiger partial charge in [-0.25, -0.2) is 0 Å². The van der Waals surface area contributed by atoms with Gasteiger partial charge in [0.1, 0.15) is 25.0 Å². The van der Waals surface area contributed by atoms with E-state index in [0.717, 1.165) is 40.0 Å². The van der Waals surface area contributed by atoms with Gasteiger partial charge in [0.05, 0.1) is 12.2 Å².